The average Bonchev–Trinajstić information content (AvgIpc) is 3.38. The molecule has 2 aromatic carbocycles. The summed E-state index contributed by atoms with van der Waals surface area (Å²) >= 11 is 0. The Morgan fingerprint density at radius 3 is 2.07 bits per heavy atom. The number of benzene rings is 2. The molecule has 0 N–H and O–H groups in total. The molecule has 1 atom stereocenters. The summed E-state index contributed by atoms with van der Waals surface area (Å²) in [6, 6.07) is 8.74. The molecular formula is C40H65N3O. The lowest BCUT2D eigenvalue weighted by molar-refractivity contribution is 0.273. The molecule has 1 aliphatic rings. The van der Waals surface area contributed by atoms with Crippen LogP contribution in [0.4, 0.5) is 5.69 Å². The quantitative estimate of drug-likeness (QED) is 0.244. The lowest BCUT2D eigenvalue weighted by Gasteiger charge is -2.29. The van der Waals surface area contributed by atoms with Crippen LogP contribution < -0.4 is 9.64 Å². The number of nitrogens with zero attached hydrogens (tertiary/aromatic N) is 3. The summed E-state index contributed by atoms with van der Waals surface area (Å²) in [6.45, 7) is 29.2. The van der Waals surface area contributed by atoms with E-state index >= 15 is 0 Å². The number of anilines is 1. The fourth-order valence-corrected chi connectivity index (χ4v) is 6.66. The van der Waals surface area contributed by atoms with E-state index in [9.17, 15) is 0 Å². The van der Waals surface area contributed by atoms with Gasteiger partial charge in [0.2, 0.25) is 0 Å². The summed E-state index contributed by atoms with van der Waals surface area (Å²) in [7, 11) is 1.75. The van der Waals surface area contributed by atoms with Crippen molar-refractivity contribution >= 4 is 16.6 Å². The Balaban J connectivity index is 0.000000478. The van der Waals surface area contributed by atoms with E-state index in [2.05, 4.69) is 101 Å². The third-order valence-corrected chi connectivity index (χ3v) is 8.93. The monoisotopic (exact) mass is 604 g/mol. The molecule has 1 saturated heterocycles. The first kappa shape index (κ1) is 39.1. The van der Waals surface area contributed by atoms with Crippen LogP contribution in [-0.2, 0) is 0 Å². The van der Waals surface area contributed by atoms with Crippen molar-refractivity contribution in [3.8, 4) is 5.75 Å². The highest BCUT2D eigenvalue weighted by Crippen LogP contribution is 2.49. The minimum absolute atomic E-state index is 0.368. The molecule has 0 aliphatic carbocycles. The Bertz CT molecular complexity index is 1300. The highest BCUT2D eigenvalue weighted by atomic mass is 16.5. The number of hydrogen-bond donors (Lipinski definition) is 0. The number of hydrogen-bond acceptors (Lipinski definition) is 4. The SMILES string of the molecule is CC.CC.CC/C=C1\CC(CCC)(CCC)CN1c1cc2c(C)ncnc2cc1OC.CCC(C)c1c(C)ccc(C)c1C. The molecule has 4 nitrogen and oxygen atoms in total. The van der Waals surface area contributed by atoms with Gasteiger partial charge < -0.3 is 9.64 Å². The molecule has 246 valence electrons. The van der Waals surface area contributed by atoms with Gasteiger partial charge in [0.1, 0.15) is 12.1 Å². The summed E-state index contributed by atoms with van der Waals surface area (Å²) in [5.41, 5.74) is 10.8. The van der Waals surface area contributed by atoms with Crippen LogP contribution in [0.3, 0.4) is 0 Å². The molecule has 44 heavy (non-hydrogen) atoms. The maximum absolute atomic E-state index is 5.79. The fraction of sp³-hybridized carbons (Fsp3) is 0.600. The number of methoxy groups -OCH3 is 1. The zero-order valence-corrected chi connectivity index (χ0v) is 30.9. The normalized spacial score (nSPS) is 15.0. The molecule has 4 heteroatoms. The van der Waals surface area contributed by atoms with E-state index in [-0.39, 0.29) is 0 Å². The molecule has 1 aliphatic heterocycles. The number of aromatic nitrogens is 2. The standard InChI is InChI=1S/C23H33N3O.C13H20.2C2H6/c1-6-9-18-14-23(10-7-2,11-8-3)15-26(18)21-12-19-17(4)24-16-25-20(19)13-22(21)27-5;1-6-9(2)13-11(4)8-7-10(3)12(13)5;2*1-2/h9,12-13,16H,6-8,10-11,14-15H2,1-5H3;7-9H,6H2,1-5H3;2*1-2H3/b18-9+;;;. The summed E-state index contributed by atoms with van der Waals surface area (Å²) in [6.07, 6.45) is 12.5. The van der Waals surface area contributed by atoms with Crippen molar-refractivity contribution in [2.24, 2.45) is 5.41 Å². The summed E-state index contributed by atoms with van der Waals surface area (Å²) in [4.78, 5) is 11.3. The van der Waals surface area contributed by atoms with Crippen LogP contribution in [0.15, 0.2) is 42.4 Å². The minimum Gasteiger partial charge on any atom is -0.494 e. The van der Waals surface area contributed by atoms with E-state index in [1.807, 2.05) is 34.6 Å². The third kappa shape index (κ3) is 9.56. The van der Waals surface area contributed by atoms with Crippen molar-refractivity contribution in [1.82, 2.24) is 9.97 Å². The first-order valence-electron chi connectivity index (χ1n) is 17.5. The number of fused-ring (bicyclic) bond motifs is 1. The molecule has 0 radical (unpaired) electrons. The van der Waals surface area contributed by atoms with Crippen molar-refractivity contribution in [1.29, 1.82) is 0 Å². The second kappa shape index (κ2) is 19.5. The topological polar surface area (TPSA) is 38.2 Å². The van der Waals surface area contributed by atoms with Crippen molar-refractivity contribution < 1.29 is 4.74 Å². The van der Waals surface area contributed by atoms with Crippen molar-refractivity contribution in [3.05, 3.63) is 70.3 Å². The molecule has 1 unspecified atom stereocenters. The van der Waals surface area contributed by atoms with Crippen LogP contribution in [0.25, 0.3) is 10.9 Å². The number of aryl methyl sites for hydroxylation is 3. The zero-order valence-electron chi connectivity index (χ0n) is 30.9. The van der Waals surface area contributed by atoms with Crippen molar-refractivity contribution in [2.75, 3.05) is 18.6 Å². The van der Waals surface area contributed by atoms with Gasteiger partial charge >= 0.3 is 0 Å². The Morgan fingerprint density at radius 1 is 0.909 bits per heavy atom. The summed E-state index contributed by atoms with van der Waals surface area (Å²) in [5.74, 6) is 1.59. The van der Waals surface area contributed by atoms with E-state index in [0.717, 1.165) is 47.4 Å². The van der Waals surface area contributed by atoms with Crippen LogP contribution in [0.5, 0.6) is 5.75 Å². The Labute approximate surface area is 271 Å². The van der Waals surface area contributed by atoms with Gasteiger partial charge in [-0.1, -0.05) is 93.4 Å². The molecule has 3 aromatic rings. The van der Waals surface area contributed by atoms with Gasteiger partial charge in [0, 0.05) is 29.4 Å². The molecule has 1 aromatic heterocycles. The Hall–Kier alpha value is -2.88. The second-order valence-corrected chi connectivity index (χ2v) is 11.9. The molecule has 4 rings (SSSR count). The molecule has 0 amide bonds. The molecule has 0 spiro atoms. The molecule has 0 saturated carbocycles. The summed E-state index contributed by atoms with van der Waals surface area (Å²) in [5, 5.41) is 1.10. The third-order valence-electron chi connectivity index (χ3n) is 8.93. The van der Waals surface area contributed by atoms with E-state index < -0.39 is 0 Å². The van der Waals surface area contributed by atoms with Gasteiger partial charge in [-0.05, 0) is 99.5 Å². The van der Waals surface area contributed by atoms with E-state index in [1.165, 1.54) is 54.5 Å². The van der Waals surface area contributed by atoms with E-state index in [4.69, 9.17) is 4.74 Å². The first-order chi connectivity index (χ1) is 21.1. The smallest absolute Gasteiger partial charge is 0.144 e. The number of rotatable bonds is 9. The van der Waals surface area contributed by atoms with E-state index in [0.29, 0.717) is 11.3 Å². The highest BCUT2D eigenvalue weighted by molar-refractivity contribution is 5.88. The largest absolute Gasteiger partial charge is 0.494 e. The van der Waals surface area contributed by atoms with Crippen LogP contribution in [0.1, 0.15) is 141 Å². The number of allylic oxidation sites excluding steroid dienone is 2. The van der Waals surface area contributed by atoms with Gasteiger partial charge in [0.05, 0.1) is 18.3 Å². The second-order valence-electron chi connectivity index (χ2n) is 11.9. The van der Waals surface area contributed by atoms with Gasteiger partial charge in [0.25, 0.3) is 0 Å². The van der Waals surface area contributed by atoms with Gasteiger partial charge in [-0.2, -0.15) is 0 Å². The number of ether oxygens (including phenoxy) is 1. The lowest BCUT2D eigenvalue weighted by atomic mass is 9.78. The fourth-order valence-electron chi connectivity index (χ4n) is 6.66. The van der Waals surface area contributed by atoms with Gasteiger partial charge in [-0.3, -0.25) is 0 Å². The van der Waals surface area contributed by atoms with Crippen LogP contribution in [0, 0.1) is 33.1 Å². The predicted molar refractivity (Wildman–Crippen MR) is 195 cm³/mol. The Kier molecular flexibility index (Phi) is 17.3. The maximum atomic E-state index is 5.79. The molecular weight excluding hydrogens is 538 g/mol. The molecule has 1 fully saturated rings. The van der Waals surface area contributed by atoms with Crippen LogP contribution in [-0.4, -0.2) is 23.6 Å². The lowest BCUT2D eigenvalue weighted by Crippen LogP contribution is -2.27. The van der Waals surface area contributed by atoms with Crippen LogP contribution in [0.2, 0.25) is 0 Å². The first-order valence-corrected chi connectivity index (χ1v) is 17.5. The molecule has 2 heterocycles. The predicted octanol–water partition coefficient (Wildman–Crippen LogP) is 12.2. The van der Waals surface area contributed by atoms with Gasteiger partial charge in [0.15, 0.2) is 0 Å². The van der Waals surface area contributed by atoms with Gasteiger partial charge in [-0.15, -0.1) is 0 Å². The van der Waals surface area contributed by atoms with Crippen LogP contribution >= 0.6 is 0 Å². The van der Waals surface area contributed by atoms with E-state index in [1.54, 1.807) is 19.0 Å². The zero-order chi connectivity index (χ0) is 33.4. The average molecular weight is 604 g/mol. The van der Waals surface area contributed by atoms with Crippen molar-refractivity contribution in [3.63, 3.8) is 0 Å². The van der Waals surface area contributed by atoms with Gasteiger partial charge in [-0.25, -0.2) is 9.97 Å². The maximum Gasteiger partial charge on any atom is 0.144 e. The Morgan fingerprint density at radius 2 is 1.52 bits per heavy atom. The molecule has 0 bridgehead atoms. The van der Waals surface area contributed by atoms with Crippen molar-refractivity contribution in [2.45, 2.75) is 141 Å². The minimum atomic E-state index is 0.368. The summed E-state index contributed by atoms with van der Waals surface area (Å²) < 4.78 is 5.79. The highest BCUT2D eigenvalue weighted by Gasteiger charge is 2.40.